The number of ether oxygens (including phenoxy) is 1. The Morgan fingerprint density at radius 3 is 2.55 bits per heavy atom. The molecule has 4 rings (SSSR count). The quantitative estimate of drug-likeness (QED) is 0.733. The number of carbonyl (C=O) groups excluding carboxylic acids is 1. The molecule has 2 fully saturated rings. The van der Waals surface area contributed by atoms with Gasteiger partial charge in [0.1, 0.15) is 12.4 Å². The van der Waals surface area contributed by atoms with Crippen LogP contribution in [-0.2, 0) is 27.9 Å². The molecule has 7 heteroatoms. The summed E-state index contributed by atoms with van der Waals surface area (Å²) in [6, 6.07) is 6.06. The molecule has 1 amide bonds. The van der Waals surface area contributed by atoms with Gasteiger partial charge in [0.2, 0.25) is 15.9 Å². The van der Waals surface area contributed by atoms with E-state index in [2.05, 4.69) is 0 Å². The summed E-state index contributed by atoms with van der Waals surface area (Å²) in [6.45, 7) is 3.44. The van der Waals surface area contributed by atoms with Gasteiger partial charge in [0.15, 0.2) is 0 Å². The number of sulfonamides is 1. The van der Waals surface area contributed by atoms with Crippen LogP contribution in [0.25, 0.3) is 0 Å². The molecule has 1 aliphatic heterocycles. The van der Waals surface area contributed by atoms with E-state index in [-0.39, 0.29) is 23.9 Å². The van der Waals surface area contributed by atoms with Crippen molar-refractivity contribution in [3.05, 3.63) is 29.3 Å². The monoisotopic (exact) mass is 420 g/mol. The summed E-state index contributed by atoms with van der Waals surface area (Å²) < 4.78 is 31.9. The number of fused-ring (bicyclic) bond motifs is 1. The molecule has 0 bridgehead atoms. The molecule has 0 saturated heterocycles. The molecule has 1 atom stereocenters. The van der Waals surface area contributed by atoms with E-state index in [4.69, 9.17) is 4.74 Å². The van der Waals surface area contributed by atoms with Crippen LogP contribution in [0, 0.1) is 5.92 Å². The Labute approximate surface area is 174 Å². The van der Waals surface area contributed by atoms with Gasteiger partial charge in [-0.05, 0) is 50.3 Å². The first-order chi connectivity index (χ1) is 13.8. The van der Waals surface area contributed by atoms with Crippen LogP contribution in [0.4, 0.5) is 0 Å². The zero-order valence-electron chi connectivity index (χ0n) is 17.5. The van der Waals surface area contributed by atoms with Crippen LogP contribution >= 0.6 is 0 Å². The summed E-state index contributed by atoms with van der Waals surface area (Å²) in [5, 5.41) is 0. The van der Waals surface area contributed by atoms with E-state index in [1.165, 1.54) is 12.7 Å². The highest BCUT2D eigenvalue weighted by Crippen LogP contribution is 2.33. The van der Waals surface area contributed by atoms with E-state index in [1.807, 2.05) is 30.0 Å². The van der Waals surface area contributed by atoms with E-state index >= 15 is 0 Å². The molecule has 1 aromatic rings. The Hall–Kier alpha value is -1.60. The highest BCUT2D eigenvalue weighted by atomic mass is 32.2. The van der Waals surface area contributed by atoms with Crippen molar-refractivity contribution in [1.82, 2.24) is 9.21 Å². The molecule has 2 saturated carbocycles. The van der Waals surface area contributed by atoms with Gasteiger partial charge in [-0.3, -0.25) is 4.79 Å². The molecule has 29 heavy (non-hydrogen) atoms. The van der Waals surface area contributed by atoms with Crippen molar-refractivity contribution in [2.45, 2.75) is 77.0 Å². The summed E-state index contributed by atoms with van der Waals surface area (Å²) in [7, 11) is -3.24. The highest BCUT2D eigenvalue weighted by Gasteiger charge is 2.35. The topological polar surface area (TPSA) is 66.9 Å². The fourth-order valence-corrected chi connectivity index (χ4v) is 5.71. The lowest BCUT2D eigenvalue weighted by Crippen LogP contribution is -2.43. The summed E-state index contributed by atoms with van der Waals surface area (Å²) in [5.74, 6) is 1.18. The zero-order valence-corrected chi connectivity index (χ0v) is 18.3. The van der Waals surface area contributed by atoms with Gasteiger partial charge in [0, 0.05) is 30.6 Å². The van der Waals surface area contributed by atoms with Gasteiger partial charge in [0.05, 0.1) is 12.3 Å². The van der Waals surface area contributed by atoms with Crippen molar-refractivity contribution in [3.63, 3.8) is 0 Å². The molecule has 0 spiro atoms. The predicted molar refractivity (Wildman–Crippen MR) is 112 cm³/mol. The molecular formula is C22H32N2O4S. The van der Waals surface area contributed by atoms with Crippen LogP contribution < -0.4 is 4.74 Å². The van der Waals surface area contributed by atoms with Gasteiger partial charge in [-0.25, -0.2) is 8.42 Å². The van der Waals surface area contributed by atoms with E-state index < -0.39 is 10.0 Å². The average Bonchev–Trinajstić information content (AvgIpc) is 3.54. The van der Waals surface area contributed by atoms with E-state index in [1.54, 1.807) is 4.31 Å². The molecule has 0 unspecified atom stereocenters. The minimum Gasteiger partial charge on any atom is -0.491 e. The van der Waals surface area contributed by atoms with Crippen molar-refractivity contribution in [2.24, 2.45) is 5.92 Å². The Bertz CT molecular complexity index is 860. The van der Waals surface area contributed by atoms with Crippen LogP contribution in [0.2, 0.25) is 0 Å². The SMILES string of the molecule is C[C@H]1COc2ccc(CN(C3CC3)S(C)(=O)=O)cc2CN1C(=O)C1CCCCC1. The number of hydrogen-bond donors (Lipinski definition) is 0. The third-order valence-electron chi connectivity index (χ3n) is 6.43. The molecule has 0 N–H and O–H groups in total. The number of nitrogens with zero attached hydrogens (tertiary/aromatic N) is 2. The standard InChI is InChI=1S/C22H32N2O4S/c1-16-15-28-21-11-8-17(13-24(20-9-10-20)29(2,26)27)12-19(21)14-23(16)22(25)18-6-4-3-5-7-18/h8,11-12,16,18,20H,3-7,9-10,13-15H2,1-2H3/t16-/m0/s1. The molecule has 6 nitrogen and oxygen atoms in total. The maximum Gasteiger partial charge on any atom is 0.226 e. The van der Waals surface area contributed by atoms with Gasteiger partial charge >= 0.3 is 0 Å². The fraction of sp³-hybridized carbons (Fsp3) is 0.682. The first-order valence-electron chi connectivity index (χ1n) is 10.8. The molecule has 1 aromatic carbocycles. The Morgan fingerprint density at radius 1 is 1.17 bits per heavy atom. The van der Waals surface area contributed by atoms with E-state index in [0.29, 0.717) is 19.7 Å². The Balaban J connectivity index is 1.54. The number of benzene rings is 1. The molecular weight excluding hydrogens is 388 g/mol. The van der Waals surface area contributed by atoms with Crippen molar-refractivity contribution >= 4 is 15.9 Å². The lowest BCUT2D eigenvalue weighted by Gasteiger charge is -2.32. The van der Waals surface area contributed by atoms with Crippen LogP contribution in [0.3, 0.4) is 0 Å². The first-order valence-corrected chi connectivity index (χ1v) is 12.7. The minimum absolute atomic E-state index is 0.0271. The smallest absolute Gasteiger partial charge is 0.226 e. The van der Waals surface area contributed by atoms with E-state index in [9.17, 15) is 13.2 Å². The van der Waals surface area contributed by atoms with Gasteiger partial charge < -0.3 is 9.64 Å². The Morgan fingerprint density at radius 2 is 1.90 bits per heavy atom. The molecule has 2 aliphatic carbocycles. The van der Waals surface area contributed by atoms with Crippen LogP contribution in [0.5, 0.6) is 5.75 Å². The summed E-state index contributed by atoms with van der Waals surface area (Å²) in [4.78, 5) is 15.2. The van der Waals surface area contributed by atoms with Crippen molar-refractivity contribution in [1.29, 1.82) is 0 Å². The second-order valence-corrected chi connectivity index (χ2v) is 10.9. The molecule has 0 aromatic heterocycles. The van der Waals surface area contributed by atoms with Crippen LogP contribution in [0.1, 0.15) is 63.0 Å². The summed E-state index contributed by atoms with van der Waals surface area (Å²) >= 11 is 0. The Kier molecular flexibility index (Phi) is 5.89. The number of rotatable bonds is 5. The number of amides is 1. The maximum absolute atomic E-state index is 13.2. The van der Waals surface area contributed by atoms with Crippen LogP contribution in [0.15, 0.2) is 18.2 Å². The minimum atomic E-state index is -3.24. The molecule has 3 aliphatic rings. The molecule has 0 radical (unpaired) electrons. The predicted octanol–water partition coefficient (Wildman–Crippen LogP) is 3.30. The summed E-state index contributed by atoms with van der Waals surface area (Å²) in [5.41, 5.74) is 1.92. The average molecular weight is 421 g/mol. The van der Waals surface area contributed by atoms with Gasteiger partial charge in [0.25, 0.3) is 0 Å². The van der Waals surface area contributed by atoms with Gasteiger partial charge in [-0.2, -0.15) is 4.31 Å². The second kappa shape index (κ2) is 8.26. The third-order valence-corrected chi connectivity index (χ3v) is 7.71. The number of hydrogen-bond acceptors (Lipinski definition) is 4. The molecule has 160 valence electrons. The fourth-order valence-electron chi connectivity index (χ4n) is 4.57. The lowest BCUT2D eigenvalue weighted by atomic mass is 9.88. The van der Waals surface area contributed by atoms with Gasteiger partial charge in [-0.15, -0.1) is 0 Å². The second-order valence-electron chi connectivity index (χ2n) is 8.94. The lowest BCUT2D eigenvalue weighted by molar-refractivity contribution is -0.139. The normalized spacial score (nSPS) is 23.4. The molecule has 1 heterocycles. The maximum atomic E-state index is 13.2. The summed E-state index contributed by atoms with van der Waals surface area (Å²) in [6.07, 6.45) is 8.62. The third kappa shape index (κ3) is 4.77. The van der Waals surface area contributed by atoms with Crippen molar-refractivity contribution < 1.29 is 17.9 Å². The van der Waals surface area contributed by atoms with E-state index in [0.717, 1.165) is 55.4 Å². The zero-order chi connectivity index (χ0) is 20.6. The van der Waals surface area contributed by atoms with Gasteiger partial charge in [-0.1, -0.05) is 25.3 Å². The van der Waals surface area contributed by atoms with Crippen molar-refractivity contribution in [2.75, 3.05) is 12.9 Å². The first kappa shape index (κ1) is 20.7. The van der Waals surface area contributed by atoms with Crippen molar-refractivity contribution in [3.8, 4) is 5.75 Å². The van der Waals surface area contributed by atoms with Crippen LogP contribution in [-0.4, -0.2) is 48.5 Å². The number of carbonyl (C=O) groups is 1. The largest absolute Gasteiger partial charge is 0.491 e. The highest BCUT2D eigenvalue weighted by molar-refractivity contribution is 7.88.